The highest BCUT2D eigenvalue weighted by Crippen LogP contribution is 2.23. The molecule has 0 bridgehead atoms. The van der Waals surface area contributed by atoms with Gasteiger partial charge < -0.3 is 4.57 Å². The largest absolute Gasteiger partial charge is 0.315 e. The van der Waals surface area contributed by atoms with E-state index >= 15 is 0 Å². The fourth-order valence-corrected chi connectivity index (χ4v) is 5.58. The first-order valence-corrected chi connectivity index (χ1v) is 13.4. The first-order chi connectivity index (χ1) is 14.1. The molecule has 0 spiro atoms. The second-order valence-electron chi connectivity index (χ2n) is 7.47. The van der Waals surface area contributed by atoms with Crippen molar-refractivity contribution in [3.8, 4) is 0 Å². The van der Waals surface area contributed by atoms with E-state index in [-0.39, 0.29) is 10.8 Å². The number of aryl methyl sites for hydroxylation is 3. The zero-order valence-electron chi connectivity index (χ0n) is 17.8. The fraction of sp³-hybridized carbons (Fsp3) is 0.364. The molecule has 1 aromatic heterocycles. The number of carbonyl (C=O) groups is 1. The van der Waals surface area contributed by atoms with Crippen LogP contribution in [-0.4, -0.2) is 36.2 Å². The van der Waals surface area contributed by atoms with Gasteiger partial charge in [-0.15, -0.1) is 0 Å². The second kappa shape index (κ2) is 9.08. The van der Waals surface area contributed by atoms with E-state index in [0.717, 1.165) is 22.5 Å². The molecule has 0 atom stereocenters. The standard InChI is InChI=1S/C22H26N2O3S3/c1-14(2)30(26,27)18-8-6-17(7-9-18)21(25)23-22-24(10-11-28-5)19-12-15(3)16(4)13-20(19)29-22/h6-9,12-14H,10-11H2,1-5H3. The lowest BCUT2D eigenvalue weighted by Crippen LogP contribution is -2.18. The molecule has 0 unspecified atom stereocenters. The molecule has 1 heterocycles. The van der Waals surface area contributed by atoms with E-state index in [1.807, 2.05) is 0 Å². The van der Waals surface area contributed by atoms with Crippen molar-refractivity contribution in [3.05, 3.63) is 57.9 Å². The summed E-state index contributed by atoms with van der Waals surface area (Å²) in [4.78, 5) is 18.1. The van der Waals surface area contributed by atoms with Crippen molar-refractivity contribution in [3.63, 3.8) is 0 Å². The van der Waals surface area contributed by atoms with Crippen molar-refractivity contribution in [2.24, 2.45) is 4.99 Å². The summed E-state index contributed by atoms with van der Waals surface area (Å²) in [5.74, 6) is 0.545. The predicted molar refractivity (Wildman–Crippen MR) is 126 cm³/mol. The third-order valence-electron chi connectivity index (χ3n) is 5.06. The van der Waals surface area contributed by atoms with Crippen LogP contribution in [0.3, 0.4) is 0 Å². The van der Waals surface area contributed by atoms with Gasteiger partial charge in [0.25, 0.3) is 5.91 Å². The third kappa shape index (κ3) is 4.55. The van der Waals surface area contributed by atoms with Gasteiger partial charge in [-0.1, -0.05) is 11.3 Å². The molecule has 0 saturated heterocycles. The molecule has 0 aliphatic heterocycles. The van der Waals surface area contributed by atoms with Crippen LogP contribution in [0.2, 0.25) is 0 Å². The Labute approximate surface area is 185 Å². The molecule has 1 amide bonds. The summed E-state index contributed by atoms with van der Waals surface area (Å²) in [5, 5.41) is -0.510. The number of fused-ring (bicyclic) bond motifs is 1. The van der Waals surface area contributed by atoms with Crippen LogP contribution in [0.15, 0.2) is 46.3 Å². The molecule has 0 N–H and O–H groups in total. The van der Waals surface area contributed by atoms with E-state index in [4.69, 9.17) is 0 Å². The summed E-state index contributed by atoms with van der Waals surface area (Å²) in [6.45, 7) is 8.21. The molecular weight excluding hydrogens is 436 g/mol. The van der Waals surface area contributed by atoms with Crippen LogP contribution >= 0.6 is 23.1 Å². The highest BCUT2D eigenvalue weighted by atomic mass is 32.2. The molecule has 0 saturated carbocycles. The minimum Gasteiger partial charge on any atom is -0.315 e. The number of amides is 1. The Balaban J connectivity index is 2.04. The predicted octanol–water partition coefficient (Wildman–Crippen LogP) is 4.61. The highest BCUT2D eigenvalue weighted by Gasteiger charge is 2.19. The topological polar surface area (TPSA) is 68.5 Å². The van der Waals surface area contributed by atoms with Gasteiger partial charge in [-0.05, 0) is 81.5 Å². The second-order valence-corrected chi connectivity index (χ2v) is 12.0. The highest BCUT2D eigenvalue weighted by molar-refractivity contribution is 7.98. The molecule has 3 aromatic rings. The van der Waals surface area contributed by atoms with Crippen LogP contribution < -0.4 is 4.80 Å². The van der Waals surface area contributed by atoms with Crippen LogP contribution in [0.4, 0.5) is 0 Å². The minimum atomic E-state index is -3.37. The maximum Gasteiger partial charge on any atom is 0.279 e. The Kier molecular flexibility index (Phi) is 6.89. The Morgan fingerprint density at radius 3 is 2.37 bits per heavy atom. The number of benzene rings is 2. The van der Waals surface area contributed by atoms with E-state index in [1.54, 1.807) is 25.6 Å². The van der Waals surface area contributed by atoms with Gasteiger partial charge in [0.2, 0.25) is 0 Å². The van der Waals surface area contributed by atoms with Crippen molar-refractivity contribution >= 4 is 49.1 Å². The van der Waals surface area contributed by atoms with Crippen LogP contribution in [0.5, 0.6) is 0 Å². The zero-order valence-corrected chi connectivity index (χ0v) is 20.2. The summed E-state index contributed by atoms with van der Waals surface area (Å²) in [7, 11) is -3.37. The average Bonchev–Trinajstić information content (AvgIpc) is 3.02. The molecule has 2 aromatic carbocycles. The van der Waals surface area contributed by atoms with Crippen molar-refractivity contribution in [1.82, 2.24) is 4.57 Å². The summed E-state index contributed by atoms with van der Waals surface area (Å²) in [6, 6.07) is 10.3. The number of thiazole rings is 1. The fourth-order valence-electron chi connectivity index (χ4n) is 3.02. The first kappa shape index (κ1) is 22.8. The van der Waals surface area contributed by atoms with Crippen molar-refractivity contribution in [2.75, 3.05) is 12.0 Å². The van der Waals surface area contributed by atoms with Crippen LogP contribution in [0.25, 0.3) is 10.2 Å². The summed E-state index contributed by atoms with van der Waals surface area (Å²) in [6.07, 6.45) is 2.05. The Morgan fingerprint density at radius 2 is 1.77 bits per heavy atom. The molecule has 160 valence electrons. The number of sulfone groups is 1. The van der Waals surface area contributed by atoms with Crippen molar-refractivity contribution in [2.45, 2.75) is 44.4 Å². The molecule has 0 radical (unpaired) electrons. The first-order valence-electron chi connectivity index (χ1n) is 9.67. The Hall–Kier alpha value is -1.90. The van der Waals surface area contributed by atoms with Gasteiger partial charge in [-0.3, -0.25) is 4.79 Å². The normalized spacial score (nSPS) is 12.8. The average molecular weight is 463 g/mol. The maximum absolute atomic E-state index is 12.8. The summed E-state index contributed by atoms with van der Waals surface area (Å²) >= 11 is 3.25. The molecule has 0 aliphatic rings. The smallest absolute Gasteiger partial charge is 0.279 e. The number of thioether (sulfide) groups is 1. The lowest BCUT2D eigenvalue weighted by molar-refractivity contribution is 0.0997. The molecular formula is C22H26N2O3S3. The molecule has 30 heavy (non-hydrogen) atoms. The van der Waals surface area contributed by atoms with E-state index in [1.165, 1.54) is 46.7 Å². The van der Waals surface area contributed by atoms with E-state index in [0.29, 0.717) is 10.4 Å². The number of aromatic nitrogens is 1. The molecule has 0 fully saturated rings. The van der Waals surface area contributed by atoms with Gasteiger partial charge in [0.1, 0.15) is 0 Å². The summed E-state index contributed by atoms with van der Waals surface area (Å²) < 4.78 is 27.8. The number of rotatable bonds is 6. The monoisotopic (exact) mass is 462 g/mol. The molecule has 5 nitrogen and oxygen atoms in total. The van der Waals surface area contributed by atoms with Crippen LogP contribution in [-0.2, 0) is 16.4 Å². The molecule has 0 aliphatic carbocycles. The molecule has 8 heteroatoms. The summed E-state index contributed by atoms with van der Waals surface area (Å²) in [5.41, 5.74) is 3.87. The third-order valence-corrected chi connectivity index (χ3v) is 8.87. The number of nitrogens with zero attached hydrogens (tertiary/aromatic N) is 2. The lowest BCUT2D eigenvalue weighted by atomic mass is 10.1. The van der Waals surface area contributed by atoms with Gasteiger partial charge >= 0.3 is 0 Å². The van der Waals surface area contributed by atoms with Gasteiger partial charge in [0.05, 0.1) is 20.4 Å². The van der Waals surface area contributed by atoms with Crippen LogP contribution in [0.1, 0.15) is 35.3 Å². The SMILES string of the molecule is CSCCn1c(=NC(=O)c2ccc(S(=O)(=O)C(C)C)cc2)sc2cc(C)c(C)cc21. The number of carbonyl (C=O) groups excluding carboxylic acids is 1. The van der Waals surface area contributed by atoms with Gasteiger partial charge in [-0.2, -0.15) is 16.8 Å². The van der Waals surface area contributed by atoms with Crippen molar-refractivity contribution in [1.29, 1.82) is 0 Å². The quantitative estimate of drug-likeness (QED) is 0.537. The number of hydrogen-bond donors (Lipinski definition) is 0. The van der Waals surface area contributed by atoms with Gasteiger partial charge in [0.15, 0.2) is 14.6 Å². The maximum atomic E-state index is 12.8. The minimum absolute atomic E-state index is 0.219. The Morgan fingerprint density at radius 1 is 1.13 bits per heavy atom. The Bertz CT molecular complexity index is 1250. The van der Waals surface area contributed by atoms with Gasteiger partial charge in [0, 0.05) is 17.9 Å². The van der Waals surface area contributed by atoms with Crippen LogP contribution in [0, 0.1) is 13.8 Å². The van der Waals surface area contributed by atoms with E-state index in [2.05, 4.69) is 41.8 Å². The number of hydrogen-bond acceptors (Lipinski definition) is 5. The van der Waals surface area contributed by atoms with E-state index in [9.17, 15) is 13.2 Å². The van der Waals surface area contributed by atoms with E-state index < -0.39 is 15.1 Å². The molecule has 3 rings (SSSR count). The van der Waals surface area contributed by atoms with Gasteiger partial charge in [-0.25, -0.2) is 8.42 Å². The lowest BCUT2D eigenvalue weighted by Gasteiger charge is -2.08. The zero-order chi connectivity index (χ0) is 22.1. The van der Waals surface area contributed by atoms with Crippen molar-refractivity contribution < 1.29 is 13.2 Å².